The number of thioether (sulfide) groups is 1. The average Bonchev–Trinajstić information content (AvgIpc) is 2.58. The summed E-state index contributed by atoms with van der Waals surface area (Å²) >= 11 is 4.42. The molecule has 1 amide bonds. The zero-order valence-electron chi connectivity index (χ0n) is 9.72. The second-order valence-corrected chi connectivity index (χ2v) is 6.27. The number of amides is 1. The SMILES string of the molecule is CC(=O)SC1CC(=O)N(c2ccc(Br)nc2N)C1. The van der Waals surface area contributed by atoms with Crippen LogP contribution in [-0.2, 0) is 9.59 Å². The largest absolute Gasteiger partial charge is 0.382 e. The molecule has 5 nitrogen and oxygen atoms in total. The third-order valence-electron chi connectivity index (χ3n) is 2.58. The maximum Gasteiger partial charge on any atom is 0.228 e. The van der Waals surface area contributed by atoms with E-state index in [1.54, 1.807) is 17.0 Å². The molecular weight excluding hydrogens is 318 g/mol. The van der Waals surface area contributed by atoms with Crippen molar-refractivity contribution in [3.05, 3.63) is 16.7 Å². The summed E-state index contributed by atoms with van der Waals surface area (Å²) in [6.45, 7) is 2.00. The molecule has 0 saturated carbocycles. The summed E-state index contributed by atoms with van der Waals surface area (Å²) in [6.07, 6.45) is 0.361. The van der Waals surface area contributed by atoms with Crippen molar-refractivity contribution in [3.63, 3.8) is 0 Å². The number of hydrogen-bond donors (Lipinski definition) is 1. The lowest BCUT2D eigenvalue weighted by molar-refractivity contribution is -0.117. The summed E-state index contributed by atoms with van der Waals surface area (Å²) in [5.74, 6) is 0.288. The van der Waals surface area contributed by atoms with E-state index < -0.39 is 0 Å². The van der Waals surface area contributed by atoms with Crippen LogP contribution >= 0.6 is 27.7 Å². The van der Waals surface area contributed by atoms with E-state index in [9.17, 15) is 9.59 Å². The van der Waals surface area contributed by atoms with Crippen molar-refractivity contribution in [1.82, 2.24) is 4.98 Å². The smallest absolute Gasteiger partial charge is 0.228 e. The minimum atomic E-state index is -0.0235. The van der Waals surface area contributed by atoms with Crippen LogP contribution in [0, 0.1) is 0 Å². The molecule has 2 N–H and O–H groups in total. The van der Waals surface area contributed by atoms with Crippen LogP contribution < -0.4 is 10.6 Å². The lowest BCUT2D eigenvalue weighted by Crippen LogP contribution is -2.26. The molecule has 2 rings (SSSR count). The zero-order valence-corrected chi connectivity index (χ0v) is 12.1. The lowest BCUT2D eigenvalue weighted by atomic mass is 10.3. The number of halogens is 1. The van der Waals surface area contributed by atoms with E-state index >= 15 is 0 Å². The Morgan fingerprint density at radius 1 is 1.61 bits per heavy atom. The molecule has 1 unspecified atom stereocenters. The van der Waals surface area contributed by atoms with Gasteiger partial charge in [-0.2, -0.15) is 0 Å². The molecule has 1 aliphatic rings. The summed E-state index contributed by atoms with van der Waals surface area (Å²) in [6, 6.07) is 3.50. The van der Waals surface area contributed by atoms with Gasteiger partial charge in [-0.15, -0.1) is 0 Å². The Bertz CT molecular complexity index is 509. The van der Waals surface area contributed by atoms with Crippen LogP contribution in [0.2, 0.25) is 0 Å². The Balaban J connectivity index is 2.19. The molecule has 1 saturated heterocycles. The third kappa shape index (κ3) is 2.84. The second kappa shape index (κ2) is 5.27. The summed E-state index contributed by atoms with van der Waals surface area (Å²) in [5.41, 5.74) is 6.41. The number of hydrogen-bond acceptors (Lipinski definition) is 5. The number of anilines is 2. The fourth-order valence-corrected chi connectivity index (χ4v) is 3.13. The van der Waals surface area contributed by atoms with E-state index in [0.29, 0.717) is 29.1 Å². The molecule has 0 aliphatic carbocycles. The maximum atomic E-state index is 11.9. The number of rotatable bonds is 2. The molecule has 1 fully saturated rings. The van der Waals surface area contributed by atoms with Gasteiger partial charge in [0.2, 0.25) is 5.91 Å². The lowest BCUT2D eigenvalue weighted by Gasteiger charge is -2.17. The standard InChI is InChI=1S/C11H12BrN3O2S/c1-6(16)18-7-4-10(17)15(5-7)8-2-3-9(12)14-11(8)13/h2-3,7H,4-5H2,1H3,(H2,13,14). The molecule has 1 aliphatic heterocycles. The van der Waals surface area contributed by atoms with Crippen molar-refractivity contribution in [2.45, 2.75) is 18.6 Å². The summed E-state index contributed by atoms with van der Waals surface area (Å²) in [5, 5.41) is 0.0228. The first kappa shape index (κ1) is 13.4. The highest BCUT2D eigenvalue weighted by molar-refractivity contribution is 9.10. The predicted octanol–water partition coefficient (Wildman–Crippen LogP) is 1.81. The van der Waals surface area contributed by atoms with Gasteiger partial charge in [-0.05, 0) is 28.1 Å². The first-order valence-corrected chi connectivity index (χ1v) is 7.04. The number of nitrogen functional groups attached to an aromatic ring is 1. The minimum absolute atomic E-state index is 0.00181. The normalized spacial score (nSPS) is 19.3. The second-order valence-electron chi connectivity index (χ2n) is 3.98. The maximum absolute atomic E-state index is 11.9. The fraction of sp³-hybridized carbons (Fsp3) is 0.364. The highest BCUT2D eigenvalue weighted by Crippen LogP contribution is 2.31. The van der Waals surface area contributed by atoms with Crippen LogP contribution in [0.15, 0.2) is 16.7 Å². The first-order chi connectivity index (χ1) is 8.47. The fourth-order valence-electron chi connectivity index (χ4n) is 1.89. The number of pyridine rings is 1. The molecule has 18 heavy (non-hydrogen) atoms. The van der Waals surface area contributed by atoms with Crippen molar-refractivity contribution in [1.29, 1.82) is 0 Å². The van der Waals surface area contributed by atoms with Gasteiger partial charge in [0.05, 0.1) is 5.69 Å². The number of nitrogens with two attached hydrogens (primary N) is 1. The molecule has 1 aromatic rings. The van der Waals surface area contributed by atoms with E-state index in [1.807, 2.05) is 0 Å². The Morgan fingerprint density at radius 3 is 2.94 bits per heavy atom. The average molecular weight is 330 g/mol. The molecule has 0 spiro atoms. The van der Waals surface area contributed by atoms with Crippen molar-refractivity contribution in [2.75, 3.05) is 17.2 Å². The van der Waals surface area contributed by atoms with Gasteiger partial charge in [-0.25, -0.2) is 4.98 Å². The Morgan fingerprint density at radius 2 is 2.33 bits per heavy atom. The highest BCUT2D eigenvalue weighted by atomic mass is 79.9. The van der Waals surface area contributed by atoms with Gasteiger partial charge in [0, 0.05) is 25.1 Å². The number of carbonyl (C=O) groups is 2. The van der Waals surface area contributed by atoms with Crippen molar-refractivity contribution in [2.24, 2.45) is 0 Å². The quantitative estimate of drug-likeness (QED) is 0.837. The van der Waals surface area contributed by atoms with Crippen molar-refractivity contribution in [3.8, 4) is 0 Å². The van der Waals surface area contributed by atoms with Crippen LogP contribution in [-0.4, -0.2) is 27.8 Å². The molecule has 96 valence electrons. The Kier molecular flexibility index (Phi) is 3.91. The van der Waals surface area contributed by atoms with Crippen molar-refractivity contribution < 1.29 is 9.59 Å². The zero-order chi connectivity index (χ0) is 13.3. The molecular formula is C11H12BrN3O2S. The van der Waals surface area contributed by atoms with E-state index in [0.717, 1.165) is 0 Å². The van der Waals surface area contributed by atoms with Gasteiger partial charge in [-0.1, -0.05) is 11.8 Å². The molecule has 2 heterocycles. The molecule has 0 aromatic carbocycles. The van der Waals surface area contributed by atoms with E-state index in [-0.39, 0.29) is 16.3 Å². The summed E-state index contributed by atoms with van der Waals surface area (Å²) in [7, 11) is 0. The monoisotopic (exact) mass is 329 g/mol. The van der Waals surface area contributed by atoms with Gasteiger partial charge >= 0.3 is 0 Å². The van der Waals surface area contributed by atoms with Gasteiger partial charge in [0.25, 0.3) is 0 Å². The van der Waals surface area contributed by atoms with E-state index in [2.05, 4.69) is 20.9 Å². The number of aromatic nitrogens is 1. The van der Waals surface area contributed by atoms with Gasteiger partial charge < -0.3 is 10.6 Å². The minimum Gasteiger partial charge on any atom is -0.382 e. The van der Waals surface area contributed by atoms with Crippen LogP contribution in [0.4, 0.5) is 11.5 Å². The summed E-state index contributed by atoms with van der Waals surface area (Å²) < 4.78 is 0.630. The topological polar surface area (TPSA) is 76.3 Å². The van der Waals surface area contributed by atoms with Crippen molar-refractivity contribution >= 4 is 50.2 Å². The molecule has 1 aromatic heterocycles. The third-order valence-corrected chi connectivity index (χ3v) is 4.00. The highest BCUT2D eigenvalue weighted by Gasteiger charge is 2.33. The van der Waals surface area contributed by atoms with E-state index in [4.69, 9.17) is 5.73 Å². The Hall–Kier alpha value is -1.08. The Labute approximate surface area is 117 Å². The number of carbonyl (C=O) groups excluding carboxylic acids is 2. The van der Waals surface area contributed by atoms with Crippen LogP contribution in [0.1, 0.15) is 13.3 Å². The number of nitrogens with zero attached hydrogens (tertiary/aromatic N) is 2. The first-order valence-electron chi connectivity index (χ1n) is 5.37. The van der Waals surface area contributed by atoms with Crippen LogP contribution in [0.25, 0.3) is 0 Å². The molecule has 7 heteroatoms. The van der Waals surface area contributed by atoms with E-state index in [1.165, 1.54) is 18.7 Å². The van der Waals surface area contributed by atoms with Gasteiger partial charge in [0.15, 0.2) is 5.12 Å². The summed E-state index contributed by atoms with van der Waals surface area (Å²) in [4.78, 5) is 28.6. The molecule has 1 atom stereocenters. The van der Waals surface area contributed by atoms with Crippen LogP contribution in [0.3, 0.4) is 0 Å². The predicted molar refractivity (Wildman–Crippen MR) is 75.4 cm³/mol. The molecule has 0 bridgehead atoms. The van der Waals surface area contributed by atoms with Crippen LogP contribution in [0.5, 0.6) is 0 Å². The van der Waals surface area contributed by atoms with Gasteiger partial charge in [-0.3, -0.25) is 9.59 Å². The molecule has 0 radical (unpaired) electrons. The van der Waals surface area contributed by atoms with Gasteiger partial charge in [0.1, 0.15) is 10.4 Å².